The van der Waals surface area contributed by atoms with E-state index in [-0.39, 0.29) is 5.91 Å². The maximum Gasteiger partial charge on any atom is 0.239 e. The van der Waals surface area contributed by atoms with E-state index in [1.165, 1.54) is 0 Å². The summed E-state index contributed by atoms with van der Waals surface area (Å²) in [5, 5.41) is 2.72. The Labute approximate surface area is 54.3 Å². The molecule has 0 aromatic heterocycles. The fourth-order valence-corrected chi connectivity index (χ4v) is 0.814. The lowest BCUT2D eigenvalue weighted by Gasteiger charge is -2.24. The molecule has 0 unspecified atom stereocenters. The van der Waals surface area contributed by atoms with Crippen molar-refractivity contribution in [2.45, 2.75) is 0 Å². The Morgan fingerprint density at radius 3 is 3.00 bits per heavy atom. The molecule has 50 valence electrons. The summed E-state index contributed by atoms with van der Waals surface area (Å²) in [7, 11) is 0. The van der Waals surface area contributed by atoms with E-state index >= 15 is 0 Å². The second-order valence-corrected chi connectivity index (χ2v) is 2.00. The molecule has 3 heteroatoms. The predicted molar refractivity (Wildman–Crippen MR) is 34.8 cm³/mol. The highest BCUT2D eigenvalue weighted by Crippen LogP contribution is 1.91. The van der Waals surface area contributed by atoms with Gasteiger partial charge in [0, 0.05) is 13.1 Å². The molecule has 0 atom stereocenters. The Bertz CT molecular complexity index is 133. The highest BCUT2D eigenvalue weighted by molar-refractivity contribution is 5.78. The summed E-state index contributed by atoms with van der Waals surface area (Å²) >= 11 is 0. The first-order chi connectivity index (χ1) is 4.33. The van der Waals surface area contributed by atoms with Gasteiger partial charge in [0.05, 0.1) is 6.54 Å². The van der Waals surface area contributed by atoms with E-state index in [1.807, 2.05) is 4.90 Å². The number of nitrogens with zero attached hydrogens (tertiary/aromatic N) is 1. The molecule has 0 spiro atoms. The monoisotopic (exact) mass is 126 g/mol. The van der Waals surface area contributed by atoms with Gasteiger partial charge < -0.3 is 10.2 Å². The van der Waals surface area contributed by atoms with Crippen molar-refractivity contribution < 1.29 is 4.79 Å². The molecule has 0 aromatic rings. The van der Waals surface area contributed by atoms with Crippen LogP contribution in [0.2, 0.25) is 0 Å². The largest absolute Gasteiger partial charge is 0.367 e. The summed E-state index contributed by atoms with van der Waals surface area (Å²) in [6, 6.07) is 0. The Kier molecular flexibility index (Phi) is 1.72. The third-order valence-electron chi connectivity index (χ3n) is 1.33. The van der Waals surface area contributed by atoms with E-state index < -0.39 is 0 Å². The van der Waals surface area contributed by atoms with Crippen LogP contribution in [0.3, 0.4) is 0 Å². The number of rotatable bonds is 1. The molecule has 3 nitrogen and oxygen atoms in total. The highest BCUT2D eigenvalue weighted by Gasteiger charge is 2.10. The molecule has 1 aliphatic rings. The fourth-order valence-electron chi connectivity index (χ4n) is 0.814. The summed E-state index contributed by atoms with van der Waals surface area (Å²) in [5.41, 5.74) is 0. The fraction of sp³-hybridized carbons (Fsp3) is 0.500. The van der Waals surface area contributed by atoms with E-state index in [9.17, 15) is 4.79 Å². The summed E-state index contributed by atoms with van der Waals surface area (Å²) in [5.74, 6) is 0.0844. The zero-order valence-corrected chi connectivity index (χ0v) is 5.26. The summed E-state index contributed by atoms with van der Waals surface area (Å²) in [4.78, 5) is 12.5. The van der Waals surface area contributed by atoms with E-state index in [1.54, 1.807) is 6.20 Å². The SMILES string of the molecule is C=CN1CCNC(=O)C1. The first-order valence-electron chi connectivity index (χ1n) is 2.96. The van der Waals surface area contributed by atoms with Crippen molar-refractivity contribution in [1.82, 2.24) is 10.2 Å². The number of nitrogens with one attached hydrogen (secondary N) is 1. The molecule has 1 amide bonds. The van der Waals surface area contributed by atoms with Gasteiger partial charge in [-0.25, -0.2) is 0 Å². The van der Waals surface area contributed by atoms with Gasteiger partial charge in [0.1, 0.15) is 0 Å². The third-order valence-corrected chi connectivity index (χ3v) is 1.33. The molecular weight excluding hydrogens is 116 g/mol. The molecule has 0 radical (unpaired) electrons. The number of amides is 1. The van der Waals surface area contributed by atoms with Crippen molar-refractivity contribution in [1.29, 1.82) is 0 Å². The zero-order chi connectivity index (χ0) is 6.69. The average Bonchev–Trinajstić information content (AvgIpc) is 1.88. The van der Waals surface area contributed by atoms with Gasteiger partial charge in [-0.15, -0.1) is 0 Å². The second-order valence-electron chi connectivity index (χ2n) is 2.00. The first-order valence-corrected chi connectivity index (χ1v) is 2.96. The Hall–Kier alpha value is -0.990. The van der Waals surface area contributed by atoms with Crippen LogP contribution in [0.15, 0.2) is 12.8 Å². The van der Waals surface area contributed by atoms with Gasteiger partial charge in [-0.2, -0.15) is 0 Å². The van der Waals surface area contributed by atoms with Gasteiger partial charge in [-0.3, -0.25) is 4.79 Å². The van der Waals surface area contributed by atoms with Crippen LogP contribution in [-0.2, 0) is 4.79 Å². The minimum absolute atomic E-state index is 0.0844. The van der Waals surface area contributed by atoms with E-state index in [0.717, 1.165) is 13.1 Å². The smallest absolute Gasteiger partial charge is 0.239 e. The predicted octanol–water partition coefficient (Wildman–Crippen LogP) is -0.438. The van der Waals surface area contributed by atoms with Gasteiger partial charge in [0.25, 0.3) is 0 Å². The minimum atomic E-state index is 0.0844. The van der Waals surface area contributed by atoms with Crippen molar-refractivity contribution in [3.63, 3.8) is 0 Å². The lowest BCUT2D eigenvalue weighted by molar-refractivity contribution is -0.123. The number of carbonyl (C=O) groups is 1. The normalized spacial score (nSPS) is 19.1. The van der Waals surface area contributed by atoms with Crippen LogP contribution in [0.25, 0.3) is 0 Å². The number of hydrogen-bond acceptors (Lipinski definition) is 2. The Morgan fingerprint density at radius 2 is 2.56 bits per heavy atom. The number of hydrogen-bond donors (Lipinski definition) is 1. The third kappa shape index (κ3) is 1.45. The molecule has 1 aliphatic heterocycles. The maximum absolute atomic E-state index is 10.6. The second kappa shape index (κ2) is 2.53. The first kappa shape index (κ1) is 6.13. The lowest BCUT2D eigenvalue weighted by Crippen LogP contribution is -2.44. The topological polar surface area (TPSA) is 32.3 Å². The van der Waals surface area contributed by atoms with Gasteiger partial charge in [-0.1, -0.05) is 6.58 Å². The summed E-state index contributed by atoms with van der Waals surface area (Å²) in [6.07, 6.45) is 1.69. The van der Waals surface area contributed by atoms with Crippen LogP contribution in [0.5, 0.6) is 0 Å². The summed E-state index contributed by atoms with van der Waals surface area (Å²) < 4.78 is 0. The van der Waals surface area contributed by atoms with Crippen LogP contribution in [-0.4, -0.2) is 30.4 Å². The van der Waals surface area contributed by atoms with Crippen molar-refractivity contribution in [2.75, 3.05) is 19.6 Å². The Balaban J connectivity index is 2.40. The average molecular weight is 126 g/mol. The Morgan fingerprint density at radius 1 is 1.78 bits per heavy atom. The van der Waals surface area contributed by atoms with Crippen LogP contribution in [0.1, 0.15) is 0 Å². The zero-order valence-electron chi connectivity index (χ0n) is 5.26. The number of piperazine rings is 1. The highest BCUT2D eigenvalue weighted by atomic mass is 16.2. The van der Waals surface area contributed by atoms with Gasteiger partial charge in [-0.05, 0) is 6.20 Å². The molecule has 0 saturated carbocycles. The molecule has 1 saturated heterocycles. The van der Waals surface area contributed by atoms with Crippen LogP contribution < -0.4 is 5.32 Å². The van der Waals surface area contributed by atoms with Crippen LogP contribution in [0, 0.1) is 0 Å². The maximum atomic E-state index is 10.6. The van der Waals surface area contributed by atoms with Crippen LogP contribution in [0.4, 0.5) is 0 Å². The molecule has 1 fully saturated rings. The summed E-state index contributed by atoms with van der Waals surface area (Å²) in [6.45, 7) is 5.65. The van der Waals surface area contributed by atoms with Gasteiger partial charge in [0.2, 0.25) is 5.91 Å². The number of carbonyl (C=O) groups excluding carboxylic acids is 1. The van der Waals surface area contributed by atoms with Crippen LogP contribution >= 0.6 is 0 Å². The van der Waals surface area contributed by atoms with Gasteiger partial charge in [0.15, 0.2) is 0 Å². The molecule has 1 rings (SSSR count). The molecular formula is C6H10N2O. The molecule has 0 bridgehead atoms. The standard InChI is InChI=1S/C6H10N2O/c1-2-8-4-3-7-6(9)5-8/h2H,1,3-5H2,(H,7,9). The molecule has 1 heterocycles. The van der Waals surface area contributed by atoms with E-state index in [2.05, 4.69) is 11.9 Å². The van der Waals surface area contributed by atoms with Crippen molar-refractivity contribution in [3.8, 4) is 0 Å². The van der Waals surface area contributed by atoms with Crippen molar-refractivity contribution in [3.05, 3.63) is 12.8 Å². The van der Waals surface area contributed by atoms with Gasteiger partial charge >= 0.3 is 0 Å². The molecule has 1 N–H and O–H groups in total. The lowest BCUT2D eigenvalue weighted by atomic mass is 10.4. The minimum Gasteiger partial charge on any atom is -0.367 e. The van der Waals surface area contributed by atoms with E-state index in [0.29, 0.717) is 6.54 Å². The molecule has 9 heavy (non-hydrogen) atoms. The van der Waals surface area contributed by atoms with Crippen molar-refractivity contribution >= 4 is 5.91 Å². The molecule has 0 aliphatic carbocycles. The van der Waals surface area contributed by atoms with E-state index in [4.69, 9.17) is 0 Å². The van der Waals surface area contributed by atoms with Crippen molar-refractivity contribution in [2.24, 2.45) is 0 Å². The molecule has 0 aromatic carbocycles. The quantitative estimate of drug-likeness (QED) is 0.516.